The largest absolute Gasteiger partial charge is 0.461 e. The van der Waals surface area contributed by atoms with E-state index in [4.69, 9.17) is 9.84 Å². The van der Waals surface area contributed by atoms with Crippen LogP contribution in [0.4, 0.5) is 0 Å². The van der Waals surface area contributed by atoms with E-state index in [1.807, 2.05) is 0 Å². The SMILES string of the molecule is CCOC(=O)c1[nH]c(/C=N/CO)c(-c2ccc(CO)c(CO)c2CO)c1C1CC1. The van der Waals surface area contributed by atoms with E-state index in [-0.39, 0.29) is 32.3 Å². The lowest BCUT2D eigenvalue weighted by atomic mass is 9.89. The molecule has 1 heterocycles. The highest BCUT2D eigenvalue weighted by Crippen LogP contribution is 2.48. The van der Waals surface area contributed by atoms with E-state index >= 15 is 0 Å². The maximum atomic E-state index is 12.6. The number of aromatic amines is 1. The van der Waals surface area contributed by atoms with E-state index in [1.54, 1.807) is 19.1 Å². The van der Waals surface area contributed by atoms with Gasteiger partial charge in [0.25, 0.3) is 0 Å². The highest BCUT2D eigenvalue weighted by atomic mass is 16.5. The van der Waals surface area contributed by atoms with E-state index in [0.29, 0.717) is 39.2 Å². The Kier molecular flexibility index (Phi) is 6.81. The highest BCUT2D eigenvalue weighted by molar-refractivity contribution is 5.99. The van der Waals surface area contributed by atoms with Crippen molar-refractivity contribution in [2.24, 2.45) is 4.99 Å². The first-order valence-electron chi connectivity index (χ1n) is 9.61. The van der Waals surface area contributed by atoms with Gasteiger partial charge < -0.3 is 30.1 Å². The summed E-state index contributed by atoms with van der Waals surface area (Å²) in [7, 11) is 0. The number of aliphatic imine (C=N–C) groups is 1. The quantitative estimate of drug-likeness (QED) is 0.319. The Morgan fingerprint density at radius 2 is 1.90 bits per heavy atom. The predicted octanol–water partition coefficient (Wildman–Crippen LogP) is 1.58. The molecule has 1 aliphatic rings. The minimum absolute atomic E-state index is 0.165. The molecule has 1 aliphatic carbocycles. The third-order valence-electron chi connectivity index (χ3n) is 5.12. The molecule has 8 nitrogen and oxygen atoms in total. The molecule has 1 saturated carbocycles. The summed E-state index contributed by atoms with van der Waals surface area (Å²) < 4.78 is 5.21. The molecular weight excluding hydrogens is 376 g/mol. The molecule has 1 aromatic heterocycles. The first-order chi connectivity index (χ1) is 14.1. The summed E-state index contributed by atoms with van der Waals surface area (Å²) >= 11 is 0. The topological polar surface area (TPSA) is 135 Å². The van der Waals surface area contributed by atoms with Crippen LogP contribution in [0, 0.1) is 0 Å². The van der Waals surface area contributed by atoms with Gasteiger partial charge in [0, 0.05) is 11.8 Å². The molecule has 0 unspecified atom stereocenters. The van der Waals surface area contributed by atoms with Gasteiger partial charge in [-0.2, -0.15) is 0 Å². The standard InChI is InChI=1S/C21H26N2O6/c1-2-29-21(28)20-18(12-3-4-12)19(17(23-20)7-22-11-27)14-6-5-13(8-24)15(9-25)16(14)10-26/h5-7,12,23-27H,2-4,8-11H2,1H3/b22-7+. The molecular formula is C21H26N2O6. The van der Waals surface area contributed by atoms with Gasteiger partial charge in [0.15, 0.2) is 0 Å². The number of ether oxygens (including phenoxy) is 1. The average Bonchev–Trinajstić information content (AvgIpc) is 3.51. The second-order valence-corrected chi connectivity index (χ2v) is 6.85. The van der Waals surface area contributed by atoms with E-state index in [2.05, 4.69) is 9.98 Å². The van der Waals surface area contributed by atoms with Gasteiger partial charge in [0.05, 0.1) is 32.1 Å². The number of carbonyl (C=O) groups is 1. The minimum Gasteiger partial charge on any atom is -0.461 e. The summed E-state index contributed by atoms with van der Waals surface area (Å²) in [6.07, 6.45) is 3.29. The second kappa shape index (κ2) is 9.32. The number of esters is 1. The number of rotatable bonds is 9. The summed E-state index contributed by atoms with van der Waals surface area (Å²) in [6, 6.07) is 3.46. The predicted molar refractivity (Wildman–Crippen MR) is 107 cm³/mol. The van der Waals surface area contributed by atoms with Gasteiger partial charge in [-0.05, 0) is 53.5 Å². The number of hydrogen-bond donors (Lipinski definition) is 5. The van der Waals surface area contributed by atoms with Gasteiger partial charge >= 0.3 is 5.97 Å². The van der Waals surface area contributed by atoms with Gasteiger partial charge in [0.1, 0.15) is 12.4 Å². The summed E-state index contributed by atoms with van der Waals surface area (Å²) in [5.74, 6) is -0.308. The van der Waals surface area contributed by atoms with Gasteiger partial charge in [-0.1, -0.05) is 12.1 Å². The van der Waals surface area contributed by atoms with Crippen molar-refractivity contribution >= 4 is 12.2 Å². The summed E-state index contributed by atoms with van der Waals surface area (Å²) in [5, 5.41) is 38.6. The lowest BCUT2D eigenvalue weighted by Gasteiger charge is -2.17. The molecule has 1 aromatic carbocycles. The number of H-pyrrole nitrogens is 1. The van der Waals surface area contributed by atoms with Crippen molar-refractivity contribution in [2.75, 3.05) is 13.3 Å². The highest BCUT2D eigenvalue weighted by Gasteiger charge is 2.35. The van der Waals surface area contributed by atoms with Gasteiger partial charge in [0.2, 0.25) is 0 Å². The molecule has 0 saturated heterocycles. The zero-order valence-corrected chi connectivity index (χ0v) is 16.3. The normalized spacial score (nSPS) is 14.0. The monoisotopic (exact) mass is 402 g/mol. The minimum atomic E-state index is -0.473. The van der Waals surface area contributed by atoms with Crippen LogP contribution in [0.15, 0.2) is 17.1 Å². The van der Waals surface area contributed by atoms with Crippen molar-refractivity contribution in [2.45, 2.75) is 45.5 Å². The van der Waals surface area contributed by atoms with E-state index in [0.717, 1.165) is 18.4 Å². The number of nitrogens with zero attached hydrogens (tertiary/aromatic N) is 1. The molecule has 0 amide bonds. The van der Waals surface area contributed by atoms with Crippen molar-refractivity contribution in [1.82, 2.24) is 4.98 Å². The van der Waals surface area contributed by atoms with Gasteiger partial charge in [-0.25, -0.2) is 4.79 Å². The zero-order valence-electron chi connectivity index (χ0n) is 16.3. The van der Waals surface area contributed by atoms with E-state index < -0.39 is 12.7 Å². The zero-order chi connectivity index (χ0) is 21.0. The Balaban J connectivity index is 2.30. The fraction of sp³-hybridized carbons (Fsp3) is 0.429. The number of benzene rings is 1. The van der Waals surface area contributed by atoms with Gasteiger partial charge in [-0.3, -0.25) is 4.99 Å². The molecule has 5 N–H and O–H groups in total. The van der Waals surface area contributed by atoms with Crippen LogP contribution in [-0.2, 0) is 24.6 Å². The Bertz CT molecular complexity index is 914. The molecule has 156 valence electrons. The van der Waals surface area contributed by atoms with Crippen LogP contribution in [0.2, 0.25) is 0 Å². The Hall–Kier alpha value is -2.52. The van der Waals surface area contributed by atoms with Gasteiger partial charge in [-0.15, -0.1) is 0 Å². The molecule has 0 bridgehead atoms. The lowest BCUT2D eigenvalue weighted by Crippen LogP contribution is -2.08. The van der Waals surface area contributed by atoms with E-state index in [1.165, 1.54) is 6.21 Å². The fourth-order valence-corrected chi connectivity index (χ4v) is 3.70. The molecule has 0 spiro atoms. The number of aromatic nitrogens is 1. The fourth-order valence-electron chi connectivity index (χ4n) is 3.70. The van der Waals surface area contributed by atoms with Crippen molar-refractivity contribution < 1.29 is 30.0 Å². The number of nitrogens with one attached hydrogen (secondary N) is 1. The van der Waals surface area contributed by atoms with Crippen LogP contribution >= 0.6 is 0 Å². The lowest BCUT2D eigenvalue weighted by molar-refractivity contribution is 0.0519. The number of aliphatic hydroxyl groups is 4. The summed E-state index contributed by atoms with van der Waals surface area (Å²) in [6.45, 7) is 0.604. The number of aliphatic hydroxyl groups excluding tert-OH is 4. The molecule has 29 heavy (non-hydrogen) atoms. The summed E-state index contributed by atoms with van der Waals surface area (Å²) in [5.41, 5.74) is 4.44. The molecule has 0 aliphatic heterocycles. The third kappa shape index (κ3) is 4.11. The maximum Gasteiger partial charge on any atom is 0.355 e. The Labute approximate surface area is 168 Å². The van der Waals surface area contributed by atoms with Crippen LogP contribution in [0.3, 0.4) is 0 Å². The first kappa shape index (κ1) is 21.2. The van der Waals surface area contributed by atoms with Crippen molar-refractivity contribution in [3.63, 3.8) is 0 Å². The van der Waals surface area contributed by atoms with Crippen molar-refractivity contribution in [1.29, 1.82) is 0 Å². The average molecular weight is 402 g/mol. The Morgan fingerprint density at radius 3 is 2.45 bits per heavy atom. The third-order valence-corrected chi connectivity index (χ3v) is 5.12. The molecule has 8 heteroatoms. The van der Waals surface area contributed by atoms with Crippen LogP contribution < -0.4 is 0 Å². The number of carbonyl (C=O) groups excluding carboxylic acids is 1. The molecule has 0 radical (unpaired) electrons. The van der Waals surface area contributed by atoms with Crippen LogP contribution in [-0.4, -0.2) is 50.9 Å². The maximum absolute atomic E-state index is 12.6. The summed E-state index contributed by atoms with van der Waals surface area (Å²) in [4.78, 5) is 19.5. The van der Waals surface area contributed by atoms with Crippen LogP contribution in [0.5, 0.6) is 0 Å². The van der Waals surface area contributed by atoms with E-state index in [9.17, 15) is 20.1 Å². The Morgan fingerprint density at radius 1 is 1.17 bits per heavy atom. The number of hydrogen-bond acceptors (Lipinski definition) is 7. The molecule has 0 atom stereocenters. The van der Waals surface area contributed by atoms with Crippen LogP contribution in [0.25, 0.3) is 11.1 Å². The molecule has 3 rings (SSSR count). The van der Waals surface area contributed by atoms with Crippen molar-refractivity contribution in [3.8, 4) is 11.1 Å². The smallest absolute Gasteiger partial charge is 0.355 e. The van der Waals surface area contributed by atoms with Crippen molar-refractivity contribution in [3.05, 3.63) is 45.8 Å². The van der Waals surface area contributed by atoms with Crippen LogP contribution in [0.1, 0.15) is 64.1 Å². The first-order valence-corrected chi connectivity index (χ1v) is 9.61. The molecule has 2 aromatic rings. The second-order valence-electron chi connectivity index (χ2n) is 6.85. The molecule has 1 fully saturated rings.